The molecule has 1 atom stereocenters. The lowest BCUT2D eigenvalue weighted by atomic mass is 10.1. The average molecular weight is 369 g/mol. The highest BCUT2D eigenvalue weighted by molar-refractivity contribution is 6.08. The lowest BCUT2D eigenvalue weighted by Crippen LogP contribution is -2.24. The summed E-state index contributed by atoms with van der Waals surface area (Å²) in [4.78, 5) is 12.1. The molecule has 144 valence electrons. The van der Waals surface area contributed by atoms with Gasteiger partial charge in [0.25, 0.3) is 0 Å². The van der Waals surface area contributed by atoms with Crippen molar-refractivity contribution < 1.29 is 14.6 Å². The van der Waals surface area contributed by atoms with Crippen LogP contribution in [0.3, 0.4) is 0 Å². The summed E-state index contributed by atoms with van der Waals surface area (Å²) in [6, 6.07) is 7.72. The number of fused-ring (bicyclic) bond motifs is 1. The molecular weight excluding hydrogens is 342 g/mol. The molecular formula is C21H27N3O3. The van der Waals surface area contributed by atoms with Gasteiger partial charge in [-0.15, -0.1) is 0 Å². The number of hydrogen-bond acceptors (Lipinski definition) is 4. The number of nitrogens with zero attached hydrogens (tertiary/aromatic N) is 3. The van der Waals surface area contributed by atoms with Gasteiger partial charge < -0.3 is 14.4 Å². The lowest BCUT2D eigenvalue weighted by Gasteiger charge is -2.14. The van der Waals surface area contributed by atoms with Crippen LogP contribution < -0.4 is 4.74 Å². The van der Waals surface area contributed by atoms with Gasteiger partial charge in [0, 0.05) is 34.4 Å². The molecule has 3 aromatic rings. The van der Waals surface area contributed by atoms with E-state index < -0.39 is 6.10 Å². The van der Waals surface area contributed by atoms with Crippen molar-refractivity contribution in [1.29, 1.82) is 0 Å². The van der Waals surface area contributed by atoms with Gasteiger partial charge in [0.15, 0.2) is 5.78 Å². The SMILES string of the molecule is CCn1c(C)c(C(C)=O)c2cc(OC[C@@H](O)Cn3nc(C)cc3C)ccc21. The van der Waals surface area contributed by atoms with Crippen molar-refractivity contribution in [2.24, 2.45) is 0 Å². The average Bonchev–Trinajstić information content (AvgIpc) is 3.07. The minimum atomic E-state index is -0.673. The number of hydrogen-bond donors (Lipinski definition) is 1. The molecule has 0 radical (unpaired) electrons. The van der Waals surface area contributed by atoms with Gasteiger partial charge in [-0.25, -0.2) is 0 Å². The topological polar surface area (TPSA) is 69.3 Å². The summed E-state index contributed by atoms with van der Waals surface area (Å²) in [7, 11) is 0. The summed E-state index contributed by atoms with van der Waals surface area (Å²) in [6.07, 6.45) is -0.673. The van der Waals surface area contributed by atoms with Crippen LogP contribution in [0.4, 0.5) is 0 Å². The van der Waals surface area contributed by atoms with E-state index in [-0.39, 0.29) is 12.4 Å². The van der Waals surface area contributed by atoms with Crippen LogP contribution >= 0.6 is 0 Å². The molecule has 6 heteroatoms. The Labute approximate surface area is 159 Å². The summed E-state index contributed by atoms with van der Waals surface area (Å²) in [5.74, 6) is 0.692. The first-order chi connectivity index (χ1) is 12.8. The first kappa shape index (κ1) is 19.2. The molecule has 0 saturated carbocycles. The Balaban J connectivity index is 1.78. The molecule has 0 aliphatic carbocycles. The monoisotopic (exact) mass is 369 g/mol. The standard InChI is InChI=1S/C21H27N3O3/c1-6-23-15(4)21(16(5)25)19-10-18(7-8-20(19)23)27-12-17(26)11-24-14(3)9-13(2)22-24/h7-10,17,26H,6,11-12H2,1-5H3/t17-/m0/s1. The second-order valence-electron chi connectivity index (χ2n) is 7.01. The zero-order valence-electron chi connectivity index (χ0n) is 16.6. The normalized spacial score (nSPS) is 12.5. The van der Waals surface area contributed by atoms with E-state index in [4.69, 9.17) is 4.74 Å². The number of carbonyl (C=O) groups is 1. The number of ether oxygens (including phenoxy) is 1. The van der Waals surface area contributed by atoms with Gasteiger partial charge in [0.05, 0.1) is 12.2 Å². The van der Waals surface area contributed by atoms with Crippen LogP contribution in [0.1, 0.15) is 41.3 Å². The minimum absolute atomic E-state index is 0.0476. The van der Waals surface area contributed by atoms with E-state index in [0.717, 1.165) is 40.1 Å². The number of carbonyl (C=O) groups excluding carboxylic acids is 1. The van der Waals surface area contributed by atoms with Gasteiger partial charge in [-0.05, 0) is 58.9 Å². The number of aromatic nitrogens is 3. The van der Waals surface area contributed by atoms with E-state index in [0.29, 0.717) is 12.3 Å². The first-order valence-electron chi connectivity index (χ1n) is 9.27. The maximum Gasteiger partial charge on any atom is 0.162 e. The van der Waals surface area contributed by atoms with E-state index in [1.807, 2.05) is 45.0 Å². The second kappa shape index (κ2) is 7.56. The number of aryl methyl sites for hydroxylation is 3. The molecule has 0 aliphatic heterocycles. The molecule has 6 nitrogen and oxygen atoms in total. The van der Waals surface area contributed by atoms with E-state index >= 15 is 0 Å². The van der Waals surface area contributed by atoms with Crippen molar-refractivity contribution >= 4 is 16.7 Å². The van der Waals surface area contributed by atoms with Gasteiger partial charge in [-0.1, -0.05) is 0 Å². The molecule has 2 aromatic heterocycles. The van der Waals surface area contributed by atoms with Crippen LogP contribution in [0.25, 0.3) is 10.9 Å². The van der Waals surface area contributed by atoms with Crippen LogP contribution in [0.2, 0.25) is 0 Å². The minimum Gasteiger partial charge on any atom is -0.491 e. The zero-order chi connectivity index (χ0) is 19.7. The molecule has 1 aromatic carbocycles. The van der Waals surface area contributed by atoms with Gasteiger partial charge in [-0.3, -0.25) is 9.48 Å². The van der Waals surface area contributed by atoms with Crippen LogP contribution in [0, 0.1) is 20.8 Å². The Morgan fingerprint density at radius 3 is 2.59 bits per heavy atom. The Morgan fingerprint density at radius 2 is 2.00 bits per heavy atom. The highest BCUT2D eigenvalue weighted by Gasteiger charge is 2.17. The molecule has 0 unspecified atom stereocenters. The van der Waals surface area contributed by atoms with Gasteiger partial charge >= 0.3 is 0 Å². The second-order valence-corrected chi connectivity index (χ2v) is 7.01. The Hall–Kier alpha value is -2.60. The van der Waals surface area contributed by atoms with Crippen LogP contribution in [-0.2, 0) is 13.1 Å². The third-order valence-corrected chi connectivity index (χ3v) is 4.89. The van der Waals surface area contributed by atoms with Crippen molar-refractivity contribution in [1.82, 2.24) is 14.3 Å². The fourth-order valence-corrected chi connectivity index (χ4v) is 3.71. The van der Waals surface area contributed by atoms with Crippen LogP contribution in [0.5, 0.6) is 5.75 Å². The molecule has 0 saturated heterocycles. The van der Waals surface area contributed by atoms with E-state index in [1.165, 1.54) is 0 Å². The van der Waals surface area contributed by atoms with Crippen molar-refractivity contribution in [3.63, 3.8) is 0 Å². The first-order valence-corrected chi connectivity index (χ1v) is 9.27. The maximum atomic E-state index is 12.1. The molecule has 0 spiro atoms. The molecule has 27 heavy (non-hydrogen) atoms. The number of rotatable bonds is 7. The summed E-state index contributed by atoms with van der Waals surface area (Å²) in [6.45, 7) is 10.9. The summed E-state index contributed by atoms with van der Waals surface area (Å²) in [5, 5.41) is 15.6. The quantitative estimate of drug-likeness (QED) is 0.648. The highest BCUT2D eigenvalue weighted by atomic mass is 16.5. The number of ketones is 1. The predicted molar refractivity (Wildman–Crippen MR) is 106 cm³/mol. The number of Topliss-reactive ketones (excluding diaryl/α,β-unsaturated/α-hetero) is 1. The van der Waals surface area contributed by atoms with Crippen molar-refractivity contribution in [2.45, 2.75) is 53.8 Å². The molecule has 0 aliphatic rings. The molecule has 0 amide bonds. The summed E-state index contributed by atoms with van der Waals surface area (Å²) in [5.41, 5.74) is 4.67. The maximum absolute atomic E-state index is 12.1. The summed E-state index contributed by atoms with van der Waals surface area (Å²) < 4.78 is 9.72. The molecule has 0 bridgehead atoms. The van der Waals surface area contributed by atoms with E-state index in [1.54, 1.807) is 11.6 Å². The van der Waals surface area contributed by atoms with Crippen LogP contribution in [0.15, 0.2) is 24.3 Å². The van der Waals surface area contributed by atoms with Gasteiger partial charge in [0.1, 0.15) is 18.5 Å². The third-order valence-electron chi connectivity index (χ3n) is 4.89. The van der Waals surface area contributed by atoms with Crippen molar-refractivity contribution in [2.75, 3.05) is 6.61 Å². The Kier molecular flexibility index (Phi) is 5.37. The number of aliphatic hydroxyl groups is 1. The van der Waals surface area contributed by atoms with Crippen molar-refractivity contribution in [3.8, 4) is 5.75 Å². The summed E-state index contributed by atoms with van der Waals surface area (Å²) >= 11 is 0. The number of aliphatic hydroxyl groups excluding tert-OH is 1. The largest absolute Gasteiger partial charge is 0.491 e. The van der Waals surface area contributed by atoms with E-state index in [9.17, 15) is 9.90 Å². The molecule has 0 fully saturated rings. The zero-order valence-corrected chi connectivity index (χ0v) is 16.6. The van der Waals surface area contributed by atoms with Crippen LogP contribution in [-0.4, -0.2) is 37.9 Å². The molecule has 1 N–H and O–H groups in total. The smallest absolute Gasteiger partial charge is 0.162 e. The van der Waals surface area contributed by atoms with Gasteiger partial charge in [-0.2, -0.15) is 5.10 Å². The van der Waals surface area contributed by atoms with Crippen molar-refractivity contribution in [3.05, 3.63) is 46.9 Å². The predicted octanol–water partition coefficient (Wildman–Crippen LogP) is 3.43. The fourth-order valence-electron chi connectivity index (χ4n) is 3.71. The fraction of sp³-hybridized carbons (Fsp3) is 0.429. The Bertz CT molecular complexity index is 984. The Morgan fingerprint density at radius 1 is 1.26 bits per heavy atom. The molecule has 3 rings (SSSR count). The highest BCUT2D eigenvalue weighted by Crippen LogP contribution is 2.30. The van der Waals surface area contributed by atoms with E-state index in [2.05, 4.69) is 16.6 Å². The van der Waals surface area contributed by atoms with Gasteiger partial charge in [0.2, 0.25) is 0 Å². The lowest BCUT2D eigenvalue weighted by molar-refractivity contribution is 0.0887. The number of benzene rings is 1. The molecule has 2 heterocycles. The third kappa shape index (κ3) is 3.76.